The summed E-state index contributed by atoms with van der Waals surface area (Å²) in [5.74, 6) is 0.453. The molecule has 4 rings (SSSR count). The van der Waals surface area contributed by atoms with Crippen molar-refractivity contribution in [3.63, 3.8) is 0 Å². The minimum Gasteiger partial charge on any atom is -0.383 e. The maximum Gasteiger partial charge on any atom is 0.278 e. The first-order valence-electron chi connectivity index (χ1n) is 8.95. The van der Waals surface area contributed by atoms with Crippen LogP contribution in [0.25, 0.3) is 21.9 Å². The van der Waals surface area contributed by atoms with Gasteiger partial charge in [0.05, 0.1) is 18.1 Å². The zero-order valence-corrected chi connectivity index (χ0v) is 16.4. The average Bonchev–Trinajstić information content (AvgIpc) is 3.11. The first-order chi connectivity index (χ1) is 14.1. The van der Waals surface area contributed by atoms with Crippen LogP contribution < -0.4 is 5.56 Å². The third-order valence-corrected chi connectivity index (χ3v) is 5.63. The number of para-hydroxylation sites is 1. The summed E-state index contributed by atoms with van der Waals surface area (Å²) in [4.78, 5) is 31.6. The molecule has 0 spiro atoms. The Balaban J connectivity index is 1.77. The fraction of sp³-hybridized carbons (Fsp3) is 0.200. The van der Waals surface area contributed by atoms with E-state index in [-0.39, 0.29) is 11.2 Å². The van der Waals surface area contributed by atoms with Crippen molar-refractivity contribution in [2.75, 3.05) is 13.7 Å². The number of thioether (sulfide) groups is 1. The van der Waals surface area contributed by atoms with Gasteiger partial charge in [-0.3, -0.25) is 19.5 Å². The number of nitrogens with zero attached hydrogens (tertiary/aromatic N) is 3. The fourth-order valence-electron chi connectivity index (χ4n) is 3.17. The van der Waals surface area contributed by atoms with Crippen molar-refractivity contribution in [3.05, 3.63) is 74.6 Å². The second kappa shape index (κ2) is 8.06. The van der Waals surface area contributed by atoms with Gasteiger partial charge in [0.25, 0.3) is 11.2 Å². The van der Waals surface area contributed by atoms with E-state index >= 15 is 0 Å². The minimum atomic E-state index is -0.418. The second-order valence-electron chi connectivity index (χ2n) is 6.45. The summed E-state index contributed by atoms with van der Waals surface area (Å²) in [6, 6.07) is 14.1. The molecule has 1 N–H and O–H groups in total. The normalized spacial score (nSPS) is 11.3. The van der Waals surface area contributed by atoms with Gasteiger partial charge in [0.2, 0.25) is 0 Å². The molecule has 0 aliphatic carbocycles. The molecular formula is C20H18N4O4S. The van der Waals surface area contributed by atoms with Crippen molar-refractivity contribution >= 4 is 39.4 Å². The summed E-state index contributed by atoms with van der Waals surface area (Å²) in [6.07, 6.45) is 0. The van der Waals surface area contributed by atoms with Gasteiger partial charge in [0.15, 0.2) is 5.16 Å². The van der Waals surface area contributed by atoms with Crippen LogP contribution >= 0.6 is 11.8 Å². The third-order valence-electron chi connectivity index (χ3n) is 4.58. The maximum atomic E-state index is 13.1. The molecule has 0 atom stereocenters. The number of aromatic nitrogens is 3. The Labute approximate surface area is 169 Å². The van der Waals surface area contributed by atoms with E-state index in [4.69, 9.17) is 9.72 Å². The molecule has 8 nitrogen and oxygen atoms in total. The van der Waals surface area contributed by atoms with Crippen LogP contribution in [-0.2, 0) is 17.0 Å². The van der Waals surface area contributed by atoms with Crippen molar-refractivity contribution in [1.82, 2.24) is 14.5 Å². The van der Waals surface area contributed by atoms with E-state index in [1.54, 1.807) is 17.7 Å². The number of hydrogen-bond acceptors (Lipinski definition) is 6. The minimum absolute atomic E-state index is 0.0416. The fourth-order valence-corrected chi connectivity index (χ4v) is 4.13. The number of rotatable bonds is 7. The molecule has 29 heavy (non-hydrogen) atoms. The number of ether oxygens (including phenoxy) is 1. The molecule has 0 radical (unpaired) electrons. The van der Waals surface area contributed by atoms with E-state index in [0.29, 0.717) is 35.1 Å². The Kier molecular flexibility index (Phi) is 5.32. The number of nitro groups is 1. The number of methoxy groups -OCH3 is 1. The highest BCUT2D eigenvalue weighted by Gasteiger charge is 2.16. The molecule has 9 heteroatoms. The molecule has 2 heterocycles. The standard InChI is InChI=1S/C20H18N4O4S/c1-28-10-9-23-19(25)18-17(15-7-2-3-8-16(15)21-18)22-20(23)29-12-13-5-4-6-14(11-13)24(26)27/h2-8,11,21H,9-10,12H2,1H3. The van der Waals surface area contributed by atoms with Gasteiger partial charge in [-0.2, -0.15) is 0 Å². The van der Waals surface area contributed by atoms with Gasteiger partial charge < -0.3 is 9.72 Å². The first kappa shape index (κ1) is 19.2. The highest BCUT2D eigenvalue weighted by atomic mass is 32.2. The Morgan fingerprint density at radius 1 is 1.24 bits per heavy atom. The van der Waals surface area contributed by atoms with E-state index in [1.807, 2.05) is 30.3 Å². The molecule has 0 unspecified atom stereocenters. The smallest absolute Gasteiger partial charge is 0.278 e. The predicted molar refractivity (Wildman–Crippen MR) is 112 cm³/mol. The summed E-state index contributed by atoms with van der Waals surface area (Å²) < 4.78 is 6.74. The largest absolute Gasteiger partial charge is 0.383 e. The van der Waals surface area contributed by atoms with Crippen LogP contribution in [0, 0.1) is 10.1 Å². The molecular weight excluding hydrogens is 392 g/mol. The number of benzene rings is 2. The quantitative estimate of drug-likeness (QED) is 0.216. The summed E-state index contributed by atoms with van der Waals surface area (Å²) in [5.41, 5.74) is 2.61. The van der Waals surface area contributed by atoms with Gasteiger partial charge in [-0.1, -0.05) is 42.1 Å². The molecule has 2 aromatic heterocycles. The lowest BCUT2D eigenvalue weighted by Crippen LogP contribution is -2.25. The molecule has 0 fully saturated rings. The molecule has 0 bridgehead atoms. The van der Waals surface area contributed by atoms with Crippen molar-refractivity contribution in [1.29, 1.82) is 0 Å². The maximum absolute atomic E-state index is 13.1. The SMILES string of the molecule is COCCn1c(SCc2cccc([N+](=O)[O-])c2)nc2c([nH]c3ccccc32)c1=O. The highest BCUT2D eigenvalue weighted by molar-refractivity contribution is 7.98. The van der Waals surface area contributed by atoms with E-state index in [2.05, 4.69) is 4.98 Å². The molecule has 2 aromatic carbocycles. The number of fused-ring (bicyclic) bond motifs is 3. The van der Waals surface area contributed by atoms with Crippen LogP contribution in [0.15, 0.2) is 58.5 Å². The second-order valence-corrected chi connectivity index (χ2v) is 7.40. The first-order valence-corrected chi connectivity index (χ1v) is 9.93. The number of non-ortho nitro benzene ring substituents is 1. The summed E-state index contributed by atoms with van der Waals surface area (Å²) in [5, 5.41) is 12.4. The number of nitro benzene ring substituents is 1. The zero-order chi connectivity index (χ0) is 20.4. The Morgan fingerprint density at radius 2 is 2.07 bits per heavy atom. The topological polar surface area (TPSA) is 103 Å². The van der Waals surface area contributed by atoms with E-state index in [1.165, 1.54) is 23.9 Å². The van der Waals surface area contributed by atoms with E-state index in [9.17, 15) is 14.9 Å². The lowest BCUT2D eigenvalue weighted by molar-refractivity contribution is -0.384. The van der Waals surface area contributed by atoms with Crippen molar-refractivity contribution in [2.45, 2.75) is 17.5 Å². The van der Waals surface area contributed by atoms with Crippen LogP contribution in [0.1, 0.15) is 5.56 Å². The van der Waals surface area contributed by atoms with Crippen LogP contribution in [-0.4, -0.2) is 33.2 Å². The average molecular weight is 410 g/mol. The predicted octanol–water partition coefficient (Wildman–Crippen LogP) is 3.72. The Hall–Kier alpha value is -3.17. The van der Waals surface area contributed by atoms with Gasteiger partial charge >= 0.3 is 0 Å². The lowest BCUT2D eigenvalue weighted by atomic mass is 10.2. The molecule has 0 saturated heterocycles. The van der Waals surface area contributed by atoms with Crippen LogP contribution in [0.2, 0.25) is 0 Å². The van der Waals surface area contributed by atoms with Crippen LogP contribution in [0.3, 0.4) is 0 Å². The number of H-pyrrole nitrogens is 1. The van der Waals surface area contributed by atoms with Crippen molar-refractivity contribution < 1.29 is 9.66 Å². The summed E-state index contributed by atoms with van der Waals surface area (Å²) in [6.45, 7) is 0.739. The van der Waals surface area contributed by atoms with E-state index < -0.39 is 4.92 Å². The summed E-state index contributed by atoms with van der Waals surface area (Å²) in [7, 11) is 1.58. The van der Waals surface area contributed by atoms with Crippen LogP contribution in [0.4, 0.5) is 5.69 Å². The Bertz CT molecular complexity index is 1260. The van der Waals surface area contributed by atoms with Gasteiger partial charge in [0.1, 0.15) is 11.0 Å². The van der Waals surface area contributed by atoms with Crippen LogP contribution in [0.5, 0.6) is 0 Å². The molecule has 148 valence electrons. The van der Waals surface area contributed by atoms with Gasteiger partial charge in [-0.05, 0) is 11.6 Å². The molecule has 0 amide bonds. The number of aromatic amines is 1. The number of nitrogens with one attached hydrogen (secondary N) is 1. The Morgan fingerprint density at radius 3 is 2.86 bits per heavy atom. The molecule has 0 saturated carbocycles. The monoisotopic (exact) mass is 410 g/mol. The summed E-state index contributed by atoms with van der Waals surface area (Å²) >= 11 is 1.37. The number of hydrogen-bond donors (Lipinski definition) is 1. The molecule has 0 aliphatic heterocycles. The third kappa shape index (κ3) is 3.74. The van der Waals surface area contributed by atoms with Gasteiger partial charge in [-0.15, -0.1) is 0 Å². The lowest BCUT2D eigenvalue weighted by Gasteiger charge is -2.11. The van der Waals surface area contributed by atoms with E-state index in [0.717, 1.165) is 16.5 Å². The molecule has 4 aromatic rings. The highest BCUT2D eigenvalue weighted by Crippen LogP contribution is 2.27. The van der Waals surface area contributed by atoms with Crippen molar-refractivity contribution in [3.8, 4) is 0 Å². The molecule has 0 aliphatic rings. The zero-order valence-electron chi connectivity index (χ0n) is 15.6. The van der Waals surface area contributed by atoms with Gasteiger partial charge in [-0.25, -0.2) is 4.98 Å². The van der Waals surface area contributed by atoms with Crippen molar-refractivity contribution in [2.24, 2.45) is 0 Å². The van der Waals surface area contributed by atoms with Gasteiger partial charge in [0, 0.05) is 35.9 Å².